The highest BCUT2D eigenvalue weighted by molar-refractivity contribution is 6.31. The standard InChI is InChI=1S/C38H22N2/c39-23-24-13-14-29-22-28(20-19-27(29)21-24)25-15-17-26(18-16-25)37-35-12-6-4-10-33(35)36-32-9-3-1-7-30(32)31-8-2-5-11-34(31)38(36)40-37/h1-22H. The van der Waals surface area contributed by atoms with Crippen LogP contribution in [0, 0.1) is 11.3 Å². The smallest absolute Gasteiger partial charge is 0.0991 e. The second-order valence-electron chi connectivity index (χ2n) is 10.3. The highest BCUT2D eigenvalue weighted by Gasteiger charge is 2.16. The Morgan fingerprint density at radius 3 is 1.70 bits per heavy atom. The Bertz CT molecular complexity index is 2320. The van der Waals surface area contributed by atoms with Gasteiger partial charge >= 0.3 is 0 Å². The van der Waals surface area contributed by atoms with E-state index < -0.39 is 0 Å². The van der Waals surface area contributed by atoms with Gasteiger partial charge in [-0.05, 0) is 61.6 Å². The lowest BCUT2D eigenvalue weighted by molar-refractivity contribution is 1.44. The molecule has 8 aromatic rings. The summed E-state index contributed by atoms with van der Waals surface area (Å²) in [4.78, 5) is 5.39. The lowest BCUT2D eigenvalue weighted by Gasteiger charge is -2.15. The Morgan fingerprint density at radius 1 is 0.450 bits per heavy atom. The first-order valence-corrected chi connectivity index (χ1v) is 13.5. The van der Waals surface area contributed by atoms with E-state index in [2.05, 4.69) is 121 Å². The molecule has 0 bridgehead atoms. The second-order valence-corrected chi connectivity index (χ2v) is 10.3. The fraction of sp³-hybridized carbons (Fsp3) is 0. The molecule has 7 aromatic carbocycles. The maximum absolute atomic E-state index is 9.22. The summed E-state index contributed by atoms with van der Waals surface area (Å²) in [7, 11) is 0. The summed E-state index contributed by atoms with van der Waals surface area (Å²) in [6.45, 7) is 0. The third-order valence-electron chi connectivity index (χ3n) is 8.04. The summed E-state index contributed by atoms with van der Waals surface area (Å²) < 4.78 is 0. The number of hydrogen-bond acceptors (Lipinski definition) is 2. The number of nitriles is 1. The van der Waals surface area contributed by atoms with Gasteiger partial charge in [-0.2, -0.15) is 5.26 Å². The van der Waals surface area contributed by atoms with E-state index in [1.807, 2.05) is 18.2 Å². The molecule has 0 fully saturated rings. The molecule has 1 aromatic heterocycles. The van der Waals surface area contributed by atoms with Crippen molar-refractivity contribution in [3.05, 3.63) is 139 Å². The van der Waals surface area contributed by atoms with E-state index in [-0.39, 0.29) is 0 Å². The molecule has 0 spiro atoms. The lowest BCUT2D eigenvalue weighted by atomic mass is 9.92. The summed E-state index contributed by atoms with van der Waals surface area (Å²) in [6, 6.07) is 49.1. The van der Waals surface area contributed by atoms with Crippen LogP contribution in [0.3, 0.4) is 0 Å². The third kappa shape index (κ3) is 3.39. The van der Waals surface area contributed by atoms with Crippen molar-refractivity contribution in [2.24, 2.45) is 0 Å². The minimum Gasteiger partial charge on any atom is -0.246 e. The molecule has 0 radical (unpaired) electrons. The molecule has 0 aliphatic rings. The number of fused-ring (bicyclic) bond motifs is 9. The maximum Gasteiger partial charge on any atom is 0.0991 e. The van der Waals surface area contributed by atoms with Crippen LogP contribution in [0.5, 0.6) is 0 Å². The highest BCUT2D eigenvalue weighted by atomic mass is 14.7. The molecular formula is C38H22N2. The fourth-order valence-electron chi connectivity index (χ4n) is 6.13. The van der Waals surface area contributed by atoms with E-state index >= 15 is 0 Å². The SMILES string of the molecule is N#Cc1ccc2cc(-c3ccc(-c4nc5c6ccccc6c6ccccc6c5c5ccccc45)cc3)ccc2c1. The molecule has 0 saturated heterocycles. The number of rotatable bonds is 2. The Balaban J connectivity index is 1.34. The van der Waals surface area contributed by atoms with E-state index in [1.165, 1.54) is 32.3 Å². The number of pyridine rings is 1. The van der Waals surface area contributed by atoms with E-state index in [0.717, 1.165) is 44.1 Å². The van der Waals surface area contributed by atoms with Gasteiger partial charge in [-0.1, -0.05) is 115 Å². The number of benzene rings is 7. The quantitative estimate of drug-likeness (QED) is 0.219. The molecule has 0 N–H and O–H groups in total. The summed E-state index contributed by atoms with van der Waals surface area (Å²) in [5, 5.41) is 19.9. The van der Waals surface area contributed by atoms with Gasteiger partial charge < -0.3 is 0 Å². The van der Waals surface area contributed by atoms with Crippen molar-refractivity contribution in [1.29, 1.82) is 5.26 Å². The zero-order valence-electron chi connectivity index (χ0n) is 21.6. The molecule has 2 heteroatoms. The van der Waals surface area contributed by atoms with Gasteiger partial charge in [-0.3, -0.25) is 0 Å². The molecule has 184 valence electrons. The first-order valence-electron chi connectivity index (χ1n) is 13.5. The van der Waals surface area contributed by atoms with Gasteiger partial charge in [0.05, 0.1) is 22.8 Å². The Hall–Kier alpha value is -5.52. The molecule has 1 heterocycles. The van der Waals surface area contributed by atoms with E-state index in [4.69, 9.17) is 4.98 Å². The third-order valence-corrected chi connectivity index (χ3v) is 8.04. The van der Waals surface area contributed by atoms with Crippen molar-refractivity contribution in [3.63, 3.8) is 0 Å². The monoisotopic (exact) mass is 506 g/mol. The Morgan fingerprint density at radius 2 is 0.975 bits per heavy atom. The fourth-order valence-corrected chi connectivity index (χ4v) is 6.13. The molecule has 0 amide bonds. The molecule has 0 atom stereocenters. The number of hydrogen-bond donors (Lipinski definition) is 0. The number of aromatic nitrogens is 1. The minimum absolute atomic E-state index is 0.681. The van der Waals surface area contributed by atoms with Crippen molar-refractivity contribution in [3.8, 4) is 28.5 Å². The van der Waals surface area contributed by atoms with Crippen LogP contribution < -0.4 is 0 Å². The van der Waals surface area contributed by atoms with Crippen molar-refractivity contribution in [2.75, 3.05) is 0 Å². The zero-order chi connectivity index (χ0) is 26.6. The van der Waals surface area contributed by atoms with Gasteiger partial charge in [0.25, 0.3) is 0 Å². The molecule has 0 unspecified atom stereocenters. The van der Waals surface area contributed by atoms with Crippen molar-refractivity contribution >= 4 is 54.0 Å². The first kappa shape index (κ1) is 22.5. The minimum atomic E-state index is 0.681. The Labute approximate surface area is 231 Å². The maximum atomic E-state index is 9.22. The second kappa shape index (κ2) is 8.76. The molecule has 2 nitrogen and oxygen atoms in total. The summed E-state index contributed by atoms with van der Waals surface area (Å²) in [5.41, 5.74) is 6.11. The molecule has 0 aliphatic carbocycles. The average Bonchev–Trinajstić information content (AvgIpc) is 3.04. The van der Waals surface area contributed by atoms with Gasteiger partial charge in [-0.25, -0.2) is 4.98 Å². The normalized spacial score (nSPS) is 11.5. The van der Waals surface area contributed by atoms with Crippen molar-refractivity contribution < 1.29 is 0 Å². The van der Waals surface area contributed by atoms with E-state index in [1.54, 1.807) is 0 Å². The van der Waals surface area contributed by atoms with Crippen LogP contribution >= 0.6 is 0 Å². The van der Waals surface area contributed by atoms with Gasteiger partial charge in [-0.15, -0.1) is 0 Å². The molecule has 0 aliphatic heterocycles. The summed E-state index contributed by atoms with van der Waals surface area (Å²) >= 11 is 0. The van der Waals surface area contributed by atoms with Crippen LogP contribution in [0.2, 0.25) is 0 Å². The van der Waals surface area contributed by atoms with Gasteiger partial charge in [0.1, 0.15) is 0 Å². The van der Waals surface area contributed by atoms with Crippen molar-refractivity contribution in [1.82, 2.24) is 4.98 Å². The largest absolute Gasteiger partial charge is 0.246 e. The molecule has 8 rings (SSSR count). The Kier molecular flexibility index (Phi) is 4.92. The van der Waals surface area contributed by atoms with Gasteiger partial charge in [0.15, 0.2) is 0 Å². The topological polar surface area (TPSA) is 36.7 Å². The van der Waals surface area contributed by atoms with Crippen LogP contribution in [0.15, 0.2) is 133 Å². The van der Waals surface area contributed by atoms with Crippen LogP contribution in [0.25, 0.3) is 76.4 Å². The summed E-state index contributed by atoms with van der Waals surface area (Å²) in [6.07, 6.45) is 0. The van der Waals surface area contributed by atoms with Crippen LogP contribution in [-0.2, 0) is 0 Å². The average molecular weight is 507 g/mol. The lowest BCUT2D eigenvalue weighted by Crippen LogP contribution is -1.92. The number of nitrogens with zero attached hydrogens (tertiary/aromatic N) is 2. The molecule has 40 heavy (non-hydrogen) atoms. The van der Waals surface area contributed by atoms with E-state index in [9.17, 15) is 5.26 Å². The predicted octanol–water partition coefficient (Wildman–Crippen LogP) is 10.1. The first-order chi connectivity index (χ1) is 19.8. The zero-order valence-corrected chi connectivity index (χ0v) is 21.6. The highest BCUT2D eigenvalue weighted by Crippen LogP contribution is 2.41. The van der Waals surface area contributed by atoms with Crippen molar-refractivity contribution in [2.45, 2.75) is 0 Å². The van der Waals surface area contributed by atoms with Crippen LogP contribution in [-0.4, -0.2) is 4.98 Å². The van der Waals surface area contributed by atoms with Gasteiger partial charge in [0, 0.05) is 21.7 Å². The van der Waals surface area contributed by atoms with Crippen LogP contribution in [0.4, 0.5) is 0 Å². The molecule has 0 saturated carbocycles. The van der Waals surface area contributed by atoms with E-state index in [0.29, 0.717) is 5.56 Å². The molecular weight excluding hydrogens is 484 g/mol. The van der Waals surface area contributed by atoms with Crippen LogP contribution in [0.1, 0.15) is 5.56 Å². The predicted molar refractivity (Wildman–Crippen MR) is 167 cm³/mol. The van der Waals surface area contributed by atoms with Gasteiger partial charge in [0.2, 0.25) is 0 Å². The summed E-state index contributed by atoms with van der Waals surface area (Å²) in [5.74, 6) is 0.